The van der Waals surface area contributed by atoms with Crippen molar-refractivity contribution >= 4 is 23.9 Å². The average Bonchev–Trinajstić information content (AvgIpc) is 3.47. The van der Waals surface area contributed by atoms with Crippen molar-refractivity contribution in [2.24, 2.45) is 22.7 Å². The zero-order valence-corrected chi connectivity index (χ0v) is 33.2. The van der Waals surface area contributed by atoms with Crippen molar-refractivity contribution in [3.8, 4) is 0 Å². The molecule has 4 aliphatic carbocycles. The van der Waals surface area contributed by atoms with E-state index in [-0.39, 0.29) is 61.9 Å². The smallest absolute Gasteiger partial charge is 0.327 e. The molecule has 0 radical (unpaired) electrons. The summed E-state index contributed by atoms with van der Waals surface area (Å²) < 4.78 is 26.2. The highest BCUT2D eigenvalue weighted by Gasteiger charge is 2.76. The van der Waals surface area contributed by atoms with Crippen LogP contribution in [0.3, 0.4) is 0 Å². The first kappa shape index (κ1) is 37.6. The lowest BCUT2D eigenvalue weighted by molar-refractivity contribution is -0.217. The van der Waals surface area contributed by atoms with Crippen LogP contribution in [0.15, 0.2) is 54.1 Å². The second kappa shape index (κ2) is 13.7. The van der Waals surface area contributed by atoms with Gasteiger partial charge in [0.1, 0.15) is 29.8 Å². The van der Waals surface area contributed by atoms with Gasteiger partial charge < -0.3 is 34.7 Å². The van der Waals surface area contributed by atoms with Crippen molar-refractivity contribution in [2.75, 3.05) is 19.7 Å². The summed E-state index contributed by atoms with van der Waals surface area (Å²) in [6, 6.07) is 15.4. The number of ether oxygens (including phenoxy) is 4. The van der Waals surface area contributed by atoms with E-state index in [4.69, 9.17) is 28.9 Å². The number of hydrogen-bond acceptors (Lipinski definition) is 10. The Morgan fingerprint density at radius 2 is 1.68 bits per heavy atom. The number of aliphatic hydroxyl groups is 1. The third-order valence-corrected chi connectivity index (χ3v) is 14.9. The molecule has 3 saturated carbocycles. The van der Waals surface area contributed by atoms with Crippen LogP contribution in [0.2, 0.25) is 0 Å². The zero-order valence-electron chi connectivity index (χ0n) is 33.2. The minimum atomic E-state index is -1.35. The molecule has 10 atom stereocenters. The van der Waals surface area contributed by atoms with E-state index in [0.717, 1.165) is 54.4 Å². The largest absolute Gasteiger partial charge is 0.458 e. The van der Waals surface area contributed by atoms with E-state index < -0.39 is 47.6 Å². The van der Waals surface area contributed by atoms with E-state index in [1.54, 1.807) is 5.06 Å². The Bertz CT molecular complexity index is 1980. The molecule has 1 spiro atoms. The summed E-state index contributed by atoms with van der Waals surface area (Å²) in [5.74, 6) is -1.02. The van der Waals surface area contributed by atoms with Crippen molar-refractivity contribution in [3.05, 3.63) is 76.4 Å². The molecule has 0 aromatic heterocycles. The van der Waals surface area contributed by atoms with Crippen LogP contribution in [-0.2, 0) is 57.6 Å². The highest BCUT2D eigenvalue weighted by atomic mass is 16.8. The maximum atomic E-state index is 14.7. The van der Waals surface area contributed by atoms with E-state index in [1.165, 1.54) is 5.57 Å². The SMILES string of the molecule is CC1(C)C[C@@H]2C(=Cc3ccccc3CN3O[C@@H]4[C@H]5OC6(Cc7ccccc7C6)O[C@H]5[C@@H]5C[C@]4(C(=O)NCCC(=O)NCCO)[C@@H]3C(=O)O5)CCC3O[C@]3(C)CC[C@H]21. The number of fused-ring (bicyclic) bond motifs is 7. The molecule has 12 nitrogen and oxygen atoms in total. The van der Waals surface area contributed by atoms with Gasteiger partial charge in [-0.1, -0.05) is 74.0 Å². The summed E-state index contributed by atoms with van der Waals surface area (Å²) >= 11 is 0. The van der Waals surface area contributed by atoms with Gasteiger partial charge in [0.25, 0.3) is 0 Å². The van der Waals surface area contributed by atoms with Crippen LogP contribution >= 0.6 is 0 Å². The molecule has 3 N–H and O–H groups in total. The van der Waals surface area contributed by atoms with Gasteiger partial charge in [0, 0.05) is 38.8 Å². The second-order valence-corrected chi connectivity index (χ2v) is 18.8. The number of nitrogens with zero attached hydrogens (tertiary/aromatic N) is 1. The van der Waals surface area contributed by atoms with Gasteiger partial charge in [-0.15, -0.1) is 0 Å². The molecule has 2 bridgehead atoms. The highest BCUT2D eigenvalue weighted by molar-refractivity contribution is 5.94. The van der Waals surface area contributed by atoms with Crippen LogP contribution in [0.25, 0.3) is 6.08 Å². The Morgan fingerprint density at radius 1 is 0.930 bits per heavy atom. The molecule has 1 unspecified atom stereocenters. The summed E-state index contributed by atoms with van der Waals surface area (Å²) in [6.45, 7) is 7.34. The first-order chi connectivity index (χ1) is 27.4. The van der Waals surface area contributed by atoms with E-state index in [0.29, 0.717) is 30.8 Å². The van der Waals surface area contributed by atoms with Crippen molar-refractivity contribution in [3.63, 3.8) is 0 Å². The fourth-order valence-electron chi connectivity index (χ4n) is 11.9. The Balaban J connectivity index is 0.963. The number of nitrogens with one attached hydrogen (secondary N) is 2. The van der Waals surface area contributed by atoms with E-state index in [2.05, 4.69) is 67.8 Å². The molecule has 7 fully saturated rings. The molecule has 4 saturated heterocycles. The van der Waals surface area contributed by atoms with Gasteiger partial charge in [0.15, 0.2) is 11.8 Å². The first-order valence-corrected chi connectivity index (χ1v) is 21.1. The van der Waals surface area contributed by atoms with Crippen molar-refractivity contribution in [1.29, 1.82) is 0 Å². The Hall–Kier alpha value is -3.65. The van der Waals surface area contributed by atoms with Crippen LogP contribution < -0.4 is 10.6 Å². The summed E-state index contributed by atoms with van der Waals surface area (Å²) in [4.78, 5) is 48.3. The summed E-state index contributed by atoms with van der Waals surface area (Å²) in [7, 11) is 0. The Kier molecular flexibility index (Phi) is 9.04. The van der Waals surface area contributed by atoms with Crippen molar-refractivity contribution in [2.45, 2.75) is 133 Å². The number of esters is 1. The quantitative estimate of drug-likeness (QED) is 0.251. The zero-order chi connectivity index (χ0) is 39.3. The summed E-state index contributed by atoms with van der Waals surface area (Å²) in [6.07, 6.45) is 6.59. The van der Waals surface area contributed by atoms with Crippen LogP contribution in [0, 0.1) is 22.7 Å². The lowest BCUT2D eigenvalue weighted by atomic mass is 9.52. The molecule has 4 aliphatic heterocycles. The van der Waals surface area contributed by atoms with Crippen LogP contribution in [0.5, 0.6) is 0 Å². The third-order valence-electron chi connectivity index (χ3n) is 14.9. The highest BCUT2D eigenvalue weighted by Crippen LogP contribution is 2.61. The minimum Gasteiger partial charge on any atom is -0.458 e. The Morgan fingerprint density at radius 3 is 2.46 bits per heavy atom. The second-order valence-electron chi connectivity index (χ2n) is 18.8. The first-order valence-electron chi connectivity index (χ1n) is 21.1. The van der Waals surface area contributed by atoms with Gasteiger partial charge in [-0.05, 0) is 78.5 Å². The molecule has 4 heterocycles. The molecular weight excluding hydrogens is 727 g/mol. The molecule has 2 aromatic rings. The fourth-order valence-corrected chi connectivity index (χ4v) is 11.9. The van der Waals surface area contributed by atoms with Crippen LogP contribution in [0.1, 0.15) is 88.0 Å². The van der Waals surface area contributed by atoms with Crippen molar-refractivity contribution < 1.29 is 43.3 Å². The van der Waals surface area contributed by atoms with Gasteiger partial charge in [-0.3, -0.25) is 19.2 Å². The van der Waals surface area contributed by atoms with E-state index >= 15 is 0 Å². The molecule has 2 amide bonds. The molecule has 8 aliphatic rings. The van der Waals surface area contributed by atoms with Gasteiger partial charge in [-0.2, -0.15) is 5.06 Å². The number of epoxide rings is 1. The Labute approximate surface area is 333 Å². The third kappa shape index (κ3) is 6.20. The van der Waals surface area contributed by atoms with Gasteiger partial charge >= 0.3 is 5.97 Å². The summed E-state index contributed by atoms with van der Waals surface area (Å²) in [5, 5.41) is 16.4. The number of hydroxylamine groups is 2. The van der Waals surface area contributed by atoms with Gasteiger partial charge in [-0.25, -0.2) is 0 Å². The van der Waals surface area contributed by atoms with Crippen molar-refractivity contribution in [1.82, 2.24) is 15.7 Å². The van der Waals surface area contributed by atoms with E-state index in [1.807, 2.05) is 18.2 Å². The fraction of sp³-hybridized carbons (Fsp3) is 0.622. The minimum absolute atomic E-state index is 0.00408. The monoisotopic (exact) mass is 781 g/mol. The average molecular weight is 782 g/mol. The lowest BCUT2D eigenvalue weighted by Crippen LogP contribution is -2.69. The topological polar surface area (TPSA) is 148 Å². The molecule has 2 aromatic carbocycles. The summed E-state index contributed by atoms with van der Waals surface area (Å²) in [5.41, 5.74) is 4.76. The predicted octanol–water partition coefficient (Wildman–Crippen LogP) is 4.16. The number of rotatable bonds is 9. The number of benzene rings is 2. The maximum Gasteiger partial charge on any atom is 0.327 e. The molecule has 304 valence electrons. The van der Waals surface area contributed by atoms with Gasteiger partial charge in [0.05, 0.1) is 24.9 Å². The number of aliphatic hydroxyl groups excluding tert-OH is 1. The lowest BCUT2D eigenvalue weighted by Gasteiger charge is -2.53. The molecule has 57 heavy (non-hydrogen) atoms. The normalized spacial score (nSPS) is 38.4. The number of allylic oxidation sites excluding steroid dienone is 1. The van der Waals surface area contributed by atoms with Crippen LogP contribution in [0.4, 0.5) is 0 Å². The maximum absolute atomic E-state index is 14.7. The predicted molar refractivity (Wildman–Crippen MR) is 207 cm³/mol. The molecule has 10 rings (SSSR count). The van der Waals surface area contributed by atoms with E-state index in [9.17, 15) is 14.4 Å². The number of carbonyl (C=O) groups excluding carboxylic acids is 3. The number of amides is 2. The van der Waals surface area contributed by atoms with Crippen LogP contribution in [-0.4, -0.2) is 95.6 Å². The molecule has 12 heteroatoms. The molecular formula is C45H55N3O9. The van der Waals surface area contributed by atoms with Gasteiger partial charge in [0.2, 0.25) is 11.8 Å². The standard InChI is InChI=1S/C45H55N3O9/c1-42(2)23-31-27(12-13-34-43(3,54-34)16-14-32(31)42)20-26-8-4-7-11-30(26)25-48-38-40(51)53-33-24-45(38,41(52)47-17-15-35(50)46-18-19-49)39(57-48)37-36(33)55-44(56-37)21-28-9-5-6-10-29(28)22-44/h4-11,20,31-34,36-39,49H,12-19,21-25H2,1-3H3,(H,46,50)(H,47,52)/t31-,32-,33+,34?,36+,37+,38+,39-,43-,45+/m1/s1. The number of carbonyl (C=O) groups is 3. The number of hydrogen-bond donors (Lipinski definition) is 3.